The van der Waals surface area contributed by atoms with Crippen molar-refractivity contribution in [3.05, 3.63) is 0 Å². The summed E-state index contributed by atoms with van der Waals surface area (Å²) in [6, 6.07) is 0. The van der Waals surface area contributed by atoms with Gasteiger partial charge < -0.3 is 0 Å². The number of hydrogen-bond acceptors (Lipinski definition) is 4. The van der Waals surface area contributed by atoms with Crippen molar-refractivity contribution in [2.75, 3.05) is 0 Å². The molecule has 0 aromatic rings. The maximum atomic E-state index is 12.7. The molecule has 0 heterocycles. The first-order valence-corrected chi connectivity index (χ1v) is 9.88. The molecule has 0 spiro atoms. The Morgan fingerprint density at radius 1 is 0.395 bits per heavy atom. The van der Waals surface area contributed by atoms with Crippen molar-refractivity contribution in [3.63, 3.8) is 0 Å². The molecule has 0 saturated carbocycles. The third-order valence-electron chi connectivity index (χ3n) is 4.52. The van der Waals surface area contributed by atoms with Crippen molar-refractivity contribution in [2.24, 2.45) is 10.8 Å². The fourth-order valence-corrected chi connectivity index (χ4v) is 1.75. The molecule has 18 heteroatoms. The summed E-state index contributed by atoms with van der Waals surface area (Å²) in [5, 5.41) is 0. The number of rotatable bonds is 8. The first kappa shape index (κ1) is 37.9. The Morgan fingerprint density at radius 3 is 0.737 bits per heavy atom. The molecule has 38 heavy (non-hydrogen) atoms. The molecule has 0 saturated heterocycles. The van der Waals surface area contributed by atoms with E-state index in [1.165, 1.54) is 0 Å². The van der Waals surface area contributed by atoms with E-state index in [1.807, 2.05) is 41.5 Å². The first-order chi connectivity index (χ1) is 16.1. The highest BCUT2D eigenvalue weighted by Crippen LogP contribution is 2.49. The van der Waals surface area contributed by atoms with Crippen LogP contribution in [0.1, 0.15) is 54.4 Å². The van der Waals surface area contributed by atoms with E-state index in [9.17, 15) is 80.6 Å². The molecule has 0 aliphatic heterocycles. The van der Waals surface area contributed by atoms with Crippen LogP contribution >= 0.6 is 0 Å². The molecule has 224 valence electrons. The fourth-order valence-electron chi connectivity index (χ4n) is 1.75. The zero-order chi connectivity index (χ0) is 31.7. The van der Waals surface area contributed by atoms with Gasteiger partial charge in [0.2, 0.25) is 11.6 Å². The maximum absolute atomic E-state index is 12.7. The van der Waals surface area contributed by atoms with Gasteiger partial charge in [-0.1, -0.05) is 41.5 Å². The van der Waals surface area contributed by atoms with Gasteiger partial charge in [0.05, 0.1) is 12.8 Å². The highest BCUT2D eigenvalue weighted by molar-refractivity contribution is 6.06. The Balaban J connectivity index is 0. The van der Waals surface area contributed by atoms with Crippen LogP contribution in [0.15, 0.2) is 0 Å². The Kier molecular flexibility index (Phi) is 11.0. The van der Waals surface area contributed by atoms with Gasteiger partial charge in [0.15, 0.2) is 0 Å². The lowest BCUT2D eigenvalue weighted by Gasteiger charge is -2.29. The lowest BCUT2D eigenvalue weighted by atomic mass is 9.82. The largest absolute Gasteiger partial charge is 0.460 e. The highest BCUT2D eigenvalue weighted by atomic mass is 19.4. The molecule has 0 rings (SSSR count). The molecule has 0 aliphatic rings. The van der Waals surface area contributed by atoms with Gasteiger partial charge in [-0.15, -0.1) is 0 Å². The van der Waals surface area contributed by atoms with Crippen molar-refractivity contribution < 1.29 is 80.6 Å². The minimum absolute atomic E-state index is 0.0208. The summed E-state index contributed by atoms with van der Waals surface area (Å²) in [4.78, 5) is 44.2. The van der Waals surface area contributed by atoms with Crippen molar-refractivity contribution >= 4 is 23.1 Å². The lowest BCUT2D eigenvalue weighted by molar-refractivity contribution is -0.346. The van der Waals surface area contributed by atoms with Crippen LogP contribution in [0, 0.1) is 10.8 Å². The molecule has 0 unspecified atom stereocenters. The van der Waals surface area contributed by atoms with Crippen LogP contribution < -0.4 is 0 Å². The second-order valence-electron chi connectivity index (χ2n) is 9.84. The summed E-state index contributed by atoms with van der Waals surface area (Å²) in [5.41, 5.74) is -0.804. The van der Waals surface area contributed by atoms with Crippen molar-refractivity contribution in [2.45, 2.75) is 90.4 Å². The van der Waals surface area contributed by atoms with Crippen LogP contribution in [0.25, 0.3) is 0 Å². The van der Waals surface area contributed by atoms with E-state index in [0.29, 0.717) is 0 Å². The number of alkyl halides is 14. The summed E-state index contributed by atoms with van der Waals surface area (Å²) < 4.78 is 171. The molecule has 0 amide bonds. The Hall–Kier alpha value is -2.30. The van der Waals surface area contributed by atoms with E-state index in [4.69, 9.17) is 0 Å². The Bertz CT molecular complexity index is 829. The fraction of sp³-hybridized carbons (Fsp3) is 0.800. The van der Waals surface area contributed by atoms with E-state index in [2.05, 4.69) is 0 Å². The molecule has 0 fully saturated rings. The van der Waals surface area contributed by atoms with Gasteiger partial charge >= 0.3 is 36.0 Å². The van der Waals surface area contributed by atoms with Gasteiger partial charge in [-0.25, -0.2) is 0 Å². The molecule has 0 atom stereocenters. The average molecular weight is 592 g/mol. The second kappa shape index (κ2) is 11.1. The summed E-state index contributed by atoms with van der Waals surface area (Å²) in [7, 11) is 0. The summed E-state index contributed by atoms with van der Waals surface area (Å²) in [6.45, 7) is 11.0. The van der Waals surface area contributed by atoms with E-state index in [0.717, 1.165) is 0 Å². The topological polar surface area (TPSA) is 68.3 Å². The smallest absolute Gasteiger partial charge is 0.299 e. The van der Waals surface area contributed by atoms with Crippen LogP contribution in [0.5, 0.6) is 0 Å². The molecule has 0 aromatic carbocycles. The highest BCUT2D eigenvalue weighted by Gasteiger charge is 2.78. The number of carbonyl (C=O) groups excluding carboxylic acids is 4. The van der Waals surface area contributed by atoms with E-state index in [-0.39, 0.29) is 18.0 Å². The minimum Gasteiger partial charge on any atom is -0.299 e. The van der Waals surface area contributed by atoms with Crippen molar-refractivity contribution in [1.29, 1.82) is 0 Å². The standard InChI is InChI=1S/C11H20O2.C9H2F14O2/c1-10(2,3)8(12)7-9(13)11(4,5)6;10-4(11,6(14,15)8(18,19)20)2(24)1-3(25)5(12,13)7(16,17)9(21,22)23/h7H2,1-6H3;1H2. The summed E-state index contributed by atoms with van der Waals surface area (Å²) >= 11 is 0. The Morgan fingerprint density at radius 2 is 0.579 bits per heavy atom. The van der Waals surface area contributed by atoms with Crippen LogP contribution in [0.4, 0.5) is 61.5 Å². The van der Waals surface area contributed by atoms with Crippen LogP contribution in [0.2, 0.25) is 0 Å². The molecular formula is C20H22F14O4. The summed E-state index contributed by atoms with van der Waals surface area (Å²) in [6.07, 6.45) is -17.6. The minimum atomic E-state index is -7.21. The molecule has 4 nitrogen and oxygen atoms in total. The SMILES string of the molecule is CC(C)(C)C(=O)CC(=O)C(C)(C)C.O=C(CC(=O)C(F)(F)C(F)(F)C(F)(F)F)C(F)(F)C(F)(F)C(F)(F)F. The zero-order valence-corrected chi connectivity index (χ0v) is 20.3. The third kappa shape index (κ3) is 8.35. The second-order valence-corrected chi connectivity index (χ2v) is 9.84. The van der Waals surface area contributed by atoms with Crippen molar-refractivity contribution in [1.82, 2.24) is 0 Å². The number of ketones is 4. The van der Waals surface area contributed by atoms with Gasteiger partial charge in [0.1, 0.15) is 11.6 Å². The maximum Gasteiger partial charge on any atom is 0.460 e. The predicted octanol–water partition coefficient (Wildman–Crippen LogP) is 6.79. The number of carbonyl (C=O) groups is 4. The van der Waals surface area contributed by atoms with Crippen LogP contribution in [-0.4, -0.2) is 59.2 Å². The quantitative estimate of drug-likeness (QED) is 0.230. The number of hydrogen-bond donors (Lipinski definition) is 0. The molecular weight excluding hydrogens is 570 g/mol. The average Bonchev–Trinajstić information content (AvgIpc) is 2.64. The zero-order valence-electron chi connectivity index (χ0n) is 20.3. The van der Waals surface area contributed by atoms with Gasteiger partial charge in [0, 0.05) is 10.8 Å². The lowest BCUT2D eigenvalue weighted by Crippen LogP contribution is -2.59. The van der Waals surface area contributed by atoms with Crippen molar-refractivity contribution in [3.8, 4) is 0 Å². The molecule has 0 bridgehead atoms. The molecule has 0 aromatic heterocycles. The number of halogens is 14. The van der Waals surface area contributed by atoms with E-state index < -0.39 is 64.9 Å². The molecule has 0 radical (unpaired) electrons. The molecule has 0 aliphatic carbocycles. The predicted molar refractivity (Wildman–Crippen MR) is 100 cm³/mol. The molecule has 0 N–H and O–H groups in total. The number of Topliss-reactive ketones (excluding diaryl/α,β-unsaturated/α-hetero) is 4. The van der Waals surface area contributed by atoms with E-state index in [1.54, 1.807) is 0 Å². The van der Waals surface area contributed by atoms with Gasteiger partial charge in [0.25, 0.3) is 0 Å². The first-order valence-electron chi connectivity index (χ1n) is 9.88. The van der Waals surface area contributed by atoms with E-state index >= 15 is 0 Å². The van der Waals surface area contributed by atoms with Gasteiger partial charge in [-0.2, -0.15) is 61.5 Å². The van der Waals surface area contributed by atoms with Gasteiger partial charge in [-0.3, -0.25) is 19.2 Å². The van der Waals surface area contributed by atoms with Gasteiger partial charge in [-0.05, 0) is 0 Å². The Labute approximate surface area is 206 Å². The summed E-state index contributed by atoms with van der Waals surface area (Å²) in [5.74, 6) is -36.0. The normalized spacial score (nSPS) is 14.4. The monoisotopic (exact) mass is 592 g/mol. The third-order valence-corrected chi connectivity index (χ3v) is 4.52. The van der Waals surface area contributed by atoms with Crippen LogP contribution in [0.3, 0.4) is 0 Å². The van der Waals surface area contributed by atoms with Crippen LogP contribution in [-0.2, 0) is 19.2 Å².